The second-order valence-corrected chi connectivity index (χ2v) is 7.35. The Balaban J connectivity index is 1.50. The fraction of sp³-hybridized carbons (Fsp3) is 0.944. The largest absolute Gasteiger partial charge is 0.378 e. The predicted octanol–water partition coefficient (Wildman–Crippen LogP) is 2.71. The lowest BCUT2D eigenvalue weighted by molar-refractivity contribution is -0.133. The maximum atomic E-state index is 12.8. The van der Waals surface area contributed by atoms with Crippen LogP contribution in [0.4, 0.5) is 0 Å². The van der Waals surface area contributed by atoms with Gasteiger partial charge in [0, 0.05) is 25.7 Å². The van der Waals surface area contributed by atoms with Gasteiger partial charge in [0.15, 0.2) is 0 Å². The van der Waals surface area contributed by atoms with Crippen molar-refractivity contribution in [2.45, 2.75) is 82.9 Å². The zero-order chi connectivity index (χ0) is 15.4. The first-order valence-electron chi connectivity index (χ1n) is 9.44. The van der Waals surface area contributed by atoms with E-state index in [4.69, 9.17) is 4.74 Å². The summed E-state index contributed by atoms with van der Waals surface area (Å²) in [6.07, 6.45) is 11.0. The van der Waals surface area contributed by atoms with Crippen molar-refractivity contribution in [1.82, 2.24) is 10.2 Å². The average molecular weight is 308 g/mol. The van der Waals surface area contributed by atoms with Crippen molar-refractivity contribution >= 4 is 5.91 Å². The first kappa shape index (κ1) is 16.3. The minimum Gasteiger partial charge on any atom is -0.378 e. The molecular weight excluding hydrogens is 276 g/mol. The number of hydrogen-bond donors (Lipinski definition) is 1. The van der Waals surface area contributed by atoms with Gasteiger partial charge in [0.05, 0.1) is 12.1 Å². The summed E-state index contributed by atoms with van der Waals surface area (Å²) in [4.78, 5) is 14.9. The molecular formula is C18H32N2O2. The Hall–Kier alpha value is -0.610. The van der Waals surface area contributed by atoms with Crippen LogP contribution >= 0.6 is 0 Å². The molecule has 0 aromatic carbocycles. The van der Waals surface area contributed by atoms with Gasteiger partial charge in [0.25, 0.3) is 0 Å². The first-order chi connectivity index (χ1) is 10.8. The Kier molecular flexibility index (Phi) is 5.75. The van der Waals surface area contributed by atoms with Gasteiger partial charge in [-0.2, -0.15) is 0 Å². The van der Waals surface area contributed by atoms with Crippen molar-refractivity contribution in [3.8, 4) is 0 Å². The quantitative estimate of drug-likeness (QED) is 0.868. The maximum Gasteiger partial charge on any atom is 0.239 e. The van der Waals surface area contributed by atoms with Crippen LogP contribution in [-0.2, 0) is 9.53 Å². The van der Waals surface area contributed by atoms with E-state index in [1.807, 2.05) is 0 Å². The lowest BCUT2D eigenvalue weighted by atomic mass is 9.85. The van der Waals surface area contributed by atoms with Crippen LogP contribution in [0.15, 0.2) is 0 Å². The van der Waals surface area contributed by atoms with Gasteiger partial charge in [-0.15, -0.1) is 0 Å². The van der Waals surface area contributed by atoms with E-state index in [0.717, 1.165) is 57.7 Å². The molecule has 2 saturated heterocycles. The number of nitrogens with one attached hydrogen (secondary N) is 1. The summed E-state index contributed by atoms with van der Waals surface area (Å²) in [5.74, 6) is 1.10. The van der Waals surface area contributed by atoms with E-state index >= 15 is 0 Å². The molecule has 3 aliphatic rings. The minimum atomic E-state index is 0.0845. The summed E-state index contributed by atoms with van der Waals surface area (Å²) < 4.78 is 5.89. The summed E-state index contributed by atoms with van der Waals surface area (Å²) in [6.45, 7) is 4.79. The Morgan fingerprint density at radius 1 is 1.14 bits per heavy atom. The second-order valence-electron chi connectivity index (χ2n) is 7.35. The Morgan fingerprint density at radius 3 is 2.82 bits per heavy atom. The molecule has 22 heavy (non-hydrogen) atoms. The molecule has 3 fully saturated rings. The molecule has 126 valence electrons. The summed E-state index contributed by atoms with van der Waals surface area (Å²) in [5.41, 5.74) is 0. The number of ether oxygens (including phenoxy) is 1. The van der Waals surface area contributed by atoms with Crippen LogP contribution in [0.3, 0.4) is 0 Å². The molecule has 0 aromatic heterocycles. The predicted molar refractivity (Wildman–Crippen MR) is 87.7 cm³/mol. The van der Waals surface area contributed by atoms with E-state index in [0.29, 0.717) is 18.1 Å². The number of nitrogens with zero attached hydrogens (tertiary/aromatic N) is 1. The highest BCUT2D eigenvalue weighted by atomic mass is 16.5. The van der Waals surface area contributed by atoms with Crippen LogP contribution in [0, 0.1) is 5.92 Å². The molecule has 0 spiro atoms. The van der Waals surface area contributed by atoms with Crippen LogP contribution in [-0.4, -0.2) is 48.7 Å². The number of likely N-dealkylation sites (tertiary alicyclic amines) is 1. The molecule has 2 heterocycles. The minimum absolute atomic E-state index is 0.0845. The van der Waals surface area contributed by atoms with E-state index in [1.54, 1.807) is 0 Å². The molecule has 1 amide bonds. The van der Waals surface area contributed by atoms with Crippen LogP contribution < -0.4 is 5.32 Å². The first-order valence-corrected chi connectivity index (χ1v) is 9.44. The van der Waals surface area contributed by atoms with E-state index in [9.17, 15) is 4.79 Å². The second kappa shape index (κ2) is 7.78. The Morgan fingerprint density at radius 2 is 2.00 bits per heavy atom. The molecule has 1 saturated carbocycles. The molecule has 4 atom stereocenters. The van der Waals surface area contributed by atoms with E-state index in [1.165, 1.54) is 25.7 Å². The van der Waals surface area contributed by atoms with Crippen molar-refractivity contribution in [3.63, 3.8) is 0 Å². The van der Waals surface area contributed by atoms with Gasteiger partial charge < -0.3 is 15.0 Å². The smallest absolute Gasteiger partial charge is 0.239 e. The summed E-state index contributed by atoms with van der Waals surface area (Å²) in [7, 11) is 0. The van der Waals surface area contributed by atoms with Crippen LogP contribution in [0.5, 0.6) is 0 Å². The van der Waals surface area contributed by atoms with Gasteiger partial charge in [-0.1, -0.05) is 19.8 Å². The van der Waals surface area contributed by atoms with Crippen LogP contribution in [0.1, 0.15) is 64.7 Å². The Bertz CT molecular complexity index is 360. The number of fused-ring (bicyclic) bond motifs is 1. The number of carbonyl (C=O) groups excluding carboxylic acids is 1. The van der Waals surface area contributed by atoms with E-state index in [2.05, 4.69) is 17.1 Å². The SMILES string of the molecule is CCCOC1CCCN(C(=O)C2CC3CCCCC3N2)CC1. The number of rotatable bonds is 4. The zero-order valence-corrected chi connectivity index (χ0v) is 14.1. The highest BCUT2D eigenvalue weighted by molar-refractivity contribution is 5.82. The fourth-order valence-corrected chi connectivity index (χ4v) is 4.47. The number of hydrogen-bond acceptors (Lipinski definition) is 3. The van der Waals surface area contributed by atoms with E-state index < -0.39 is 0 Å². The van der Waals surface area contributed by atoms with Crippen LogP contribution in [0.2, 0.25) is 0 Å². The topological polar surface area (TPSA) is 41.6 Å². The van der Waals surface area contributed by atoms with Gasteiger partial charge in [-0.25, -0.2) is 0 Å². The average Bonchev–Trinajstić information content (AvgIpc) is 2.84. The summed E-state index contributed by atoms with van der Waals surface area (Å²) in [5, 5.41) is 3.63. The van der Waals surface area contributed by atoms with Gasteiger partial charge in [0.2, 0.25) is 5.91 Å². The molecule has 4 nitrogen and oxygen atoms in total. The summed E-state index contributed by atoms with van der Waals surface area (Å²) >= 11 is 0. The highest BCUT2D eigenvalue weighted by Gasteiger charge is 2.39. The maximum absolute atomic E-state index is 12.8. The third-order valence-corrected chi connectivity index (χ3v) is 5.71. The summed E-state index contributed by atoms with van der Waals surface area (Å²) in [6, 6.07) is 0.691. The van der Waals surface area contributed by atoms with Crippen molar-refractivity contribution < 1.29 is 9.53 Å². The normalized spacial score (nSPS) is 36.0. The third kappa shape index (κ3) is 3.83. The molecule has 3 rings (SSSR count). The molecule has 4 heteroatoms. The molecule has 4 unspecified atom stereocenters. The van der Waals surface area contributed by atoms with Gasteiger partial charge in [-0.05, 0) is 50.9 Å². The highest BCUT2D eigenvalue weighted by Crippen LogP contribution is 2.33. The van der Waals surface area contributed by atoms with Gasteiger partial charge in [0.1, 0.15) is 0 Å². The fourth-order valence-electron chi connectivity index (χ4n) is 4.47. The third-order valence-electron chi connectivity index (χ3n) is 5.71. The van der Waals surface area contributed by atoms with Crippen molar-refractivity contribution in [2.24, 2.45) is 5.92 Å². The van der Waals surface area contributed by atoms with Crippen molar-refractivity contribution in [1.29, 1.82) is 0 Å². The lowest BCUT2D eigenvalue weighted by Crippen LogP contribution is -2.46. The number of carbonyl (C=O) groups is 1. The van der Waals surface area contributed by atoms with E-state index in [-0.39, 0.29) is 6.04 Å². The van der Waals surface area contributed by atoms with Crippen molar-refractivity contribution in [3.05, 3.63) is 0 Å². The molecule has 0 bridgehead atoms. The standard InChI is InChI=1S/C18H32N2O2/c1-2-12-22-15-7-5-10-20(11-9-15)18(21)17-13-14-6-3-4-8-16(14)19-17/h14-17,19H,2-13H2,1H3. The zero-order valence-electron chi connectivity index (χ0n) is 14.1. The molecule has 0 aromatic rings. The van der Waals surface area contributed by atoms with Crippen LogP contribution in [0.25, 0.3) is 0 Å². The molecule has 1 aliphatic carbocycles. The lowest BCUT2D eigenvalue weighted by Gasteiger charge is -2.25. The molecule has 0 radical (unpaired) electrons. The van der Waals surface area contributed by atoms with Gasteiger partial charge >= 0.3 is 0 Å². The molecule has 2 aliphatic heterocycles. The number of amides is 1. The molecule has 1 N–H and O–H groups in total. The van der Waals surface area contributed by atoms with Crippen molar-refractivity contribution in [2.75, 3.05) is 19.7 Å². The monoisotopic (exact) mass is 308 g/mol. The Labute approximate surface area is 135 Å². The van der Waals surface area contributed by atoms with Gasteiger partial charge in [-0.3, -0.25) is 4.79 Å².